The smallest absolute Gasteiger partial charge is 0.231 e. The third-order valence-electron chi connectivity index (χ3n) is 5.72. The summed E-state index contributed by atoms with van der Waals surface area (Å²) >= 11 is 0. The Balaban J connectivity index is 1.50. The number of aryl methyl sites for hydroxylation is 1. The zero-order valence-electron chi connectivity index (χ0n) is 19.8. The molecule has 7 heteroatoms. The van der Waals surface area contributed by atoms with Gasteiger partial charge in [0, 0.05) is 25.2 Å². The van der Waals surface area contributed by atoms with Crippen molar-refractivity contribution in [2.24, 2.45) is 0 Å². The van der Waals surface area contributed by atoms with E-state index < -0.39 is 6.10 Å². The van der Waals surface area contributed by atoms with Crippen molar-refractivity contribution in [2.45, 2.75) is 26.1 Å². The molecule has 0 aromatic heterocycles. The standard InChI is InChI=1S/C27H31NO6/c1-19-7-4-5-9-23(19)32-17-22(29)16-28(14-20-11-12-24-26(13-20)34-18-33-24)15-21-8-6-10-25(30-2)27(21)31-3/h4-13,22,29H,14-18H2,1-3H3. The van der Waals surface area contributed by atoms with E-state index in [1.165, 1.54) is 0 Å². The second-order valence-corrected chi connectivity index (χ2v) is 8.24. The molecule has 0 amide bonds. The Hall–Kier alpha value is -3.42. The first-order valence-corrected chi connectivity index (χ1v) is 11.2. The fourth-order valence-corrected chi connectivity index (χ4v) is 4.06. The third-order valence-corrected chi connectivity index (χ3v) is 5.72. The average Bonchev–Trinajstić information content (AvgIpc) is 3.31. The van der Waals surface area contributed by atoms with Gasteiger partial charge in [0.1, 0.15) is 18.5 Å². The number of methoxy groups -OCH3 is 2. The van der Waals surface area contributed by atoms with Crippen molar-refractivity contribution in [3.8, 4) is 28.7 Å². The van der Waals surface area contributed by atoms with E-state index in [0.29, 0.717) is 31.1 Å². The predicted molar refractivity (Wildman–Crippen MR) is 129 cm³/mol. The molecule has 34 heavy (non-hydrogen) atoms. The van der Waals surface area contributed by atoms with E-state index in [4.69, 9.17) is 23.7 Å². The molecule has 0 bridgehead atoms. The van der Waals surface area contributed by atoms with E-state index in [9.17, 15) is 5.11 Å². The van der Waals surface area contributed by atoms with Gasteiger partial charge in [0.25, 0.3) is 0 Å². The maximum atomic E-state index is 10.8. The van der Waals surface area contributed by atoms with Crippen molar-refractivity contribution in [1.82, 2.24) is 4.90 Å². The first-order chi connectivity index (χ1) is 16.6. The monoisotopic (exact) mass is 465 g/mol. The Morgan fingerprint density at radius 2 is 1.71 bits per heavy atom. The summed E-state index contributed by atoms with van der Waals surface area (Å²) in [7, 11) is 3.26. The van der Waals surface area contributed by atoms with Crippen molar-refractivity contribution in [1.29, 1.82) is 0 Å². The summed E-state index contributed by atoms with van der Waals surface area (Å²) in [6.07, 6.45) is -0.690. The predicted octanol–water partition coefficient (Wildman–Crippen LogP) is 4.18. The Labute approximate surface area is 200 Å². The van der Waals surface area contributed by atoms with Gasteiger partial charge in [-0.05, 0) is 42.3 Å². The summed E-state index contributed by atoms with van der Waals surface area (Å²) in [5.74, 6) is 3.62. The molecule has 0 spiro atoms. The lowest BCUT2D eigenvalue weighted by molar-refractivity contribution is 0.0623. The normalized spacial score (nSPS) is 13.1. The maximum Gasteiger partial charge on any atom is 0.231 e. The van der Waals surface area contributed by atoms with Crippen molar-refractivity contribution in [3.63, 3.8) is 0 Å². The lowest BCUT2D eigenvalue weighted by Gasteiger charge is -2.26. The minimum absolute atomic E-state index is 0.192. The van der Waals surface area contributed by atoms with E-state index in [1.54, 1.807) is 14.2 Å². The van der Waals surface area contributed by atoms with E-state index in [2.05, 4.69) is 4.90 Å². The molecule has 4 rings (SSSR count). The molecule has 3 aromatic carbocycles. The lowest BCUT2D eigenvalue weighted by atomic mass is 10.1. The highest BCUT2D eigenvalue weighted by Gasteiger charge is 2.20. The molecule has 1 unspecified atom stereocenters. The Kier molecular flexibility index (Phi) is 7.77. The van der Waals surface area contributed by atoms with Crippen LogP contribution in [0, 0.1) is 6.92 Å². The number of fused-ring (bicyclic) bond motifs is 1. The van der Waals surface area contributed by atoms with Gasteiger partial charge in [0.15, 0.2) is 23.0 Å². The maximum absolute atomic E-state index is 10.8. The first kappa shape index (κ1) is 23.7. The molecule has 1 atom stereocenters. The fraction of sp³-hybridized carbons (Fsp3) is 0.333. The summed E-state index contributed by atoms with van der Waals surface area (Å²) in [6, 6.07) is 19.5. The second-order valence-electron chi connectivity index (χ2n) is 8.24. The van der Waals surface area contributed by atoms with Crippen molar-refractivity contribution in [2.75, 3.05) is 34.2 Å². The highest BCUT2D eigenvalue weighted by Crippen LogP contribution is 2.34. The van der Waals surface area contributed by atoms with E-state index in [-0.39, 0.29) is 13.4 Å². The number of hydrogen-bond donors (Lipinski definition) is 1. The number of rotatable bonds is 11. The van der Waals surface area contributed by atoms with Crippen LogP contribution in [0.1, 0.15) is 16.7 Å². The molecule has 0 radical (unpaired) electrons. The van der Waals surface area contributed by atoms with Gasteiger partial charge in [0.05, 0.1) is 14.2 Å². The highest BCUT2D eigenvalue weighted by atomic mass is 16.7. The summed E-state index contributed by atoms with van der Waals surface area (Å²) in [4.78, 5) is 2.15. The van der Waals surface area contributed by atoms with Crippen LogP contribution in [0.15, 0.2) is 60.7 Å². The average molecular weight is 466 g/mol. The third kappa shape index (κ3) is 5.73. The van der Waals surface area contributed by atoms with Crippen LogP contribution >= 0.6 is 0 Å². The van der Waals surface area contributed by atoms with Crippen LogP contribution in [0.25, 0.3) is 0 Å². The van der Waals surface area contributed by atoms with Gasteiger partial charge in [-0.15, -0.1) is 0 Å². The van der Waals surface area contributed by atoms with E-state index >= 15 is 0 Å². The zero-order valence-corrected chi connectivity index (χ0v) is 19.8. The van der Waals surface area contributed by atoms with Crippen LogP contribution in [0.2, 0.25) is 0 Å². The SMILES string of the molecule is COc1cccc(CN(Cc2ccc3c(c2)OCO3)CC(O)COc2ccccc2C)c1OC. The van der Waals surface area contributed by atoms with Gasteiger partial charge in [-0.1, -0.05) is 36.4 Å². The highest BCUT2D eigenvalue weighted by molar-refractivity contribution is 5.47. The fourth-order valence-electron chi connectivity index (χ4n) is 4.06. The Morgan fingerprint density at radius 3 is 2.50 bits per heavy atom. The zero-order chi connectivity index (χ0) is 23.9. The molecule has 0 aliphatic carbocycles. The van der Waals surface area contributed by atoms with Crippen LogP contribution in [0.3, 0.4) is 0 Å². The van der Waals surface area contributed by atoms with Crippen molar-refractivity contribution < 1.29 is 28.8 Å². The number of aliphatic hydroxyl groups excluding tert-OH is 1. The Morgan fingerprint density at radius 1 is 0.912 bits per heavy atom. The Bertz CT molecular complexity index is 1100. The van der Waals surface area contributed by atoms with Gasteiger partial charge >= 0.3 is 0 Å². The van der Waals surface area contributed by atoms with Gasteiger partial charge in [-0.3, -0.25) is 4.90 Å². The minimum Gasteiger partial charge on any atom is -0.493 e. The topological polar surface area (TPSA) is 69.6 Å². The lowest BCUT2D eigenvalue weighted by Crippen LogP contribution is -2.35. The van der Waals surface area contributed by atoms with Gasteiger partial charge in [-0.25, -0.2) is 0 Å². The van der Waals surface area contributed by atoms with Crippen molar-refractivity contribution >= 4 is 0 Å². The number of nitrogens with zero attached hydrogens (tertiary/aromatic N) is 1. The molecule has 0 saturated heterocycles. The number of hydrogen-bond acceptors (Lipinski definition) is 7. The number of aliphatic hydroxyl groups is 1. The van der Waals surface area contributed by atoms with Gasteiger partial charge in [-0.2, -0.15) is 0 Å². The summed E-state index contributed by atoms with van der Waals surface area (Å²) < 4.78 is 27.9. The molecule has 3 aromatic rings. The number of benzene rings is 3. The molecule has 1 aliphatic heterocycles. The minimum atomic E-state index is -0.690. The summed E-state index contributed by atoms with van der Waals surface area (Å²) in [5.41, 5.74) is 3.06. The molecule has 1 heterocycles. The number of ether oxygens (including phenoxy) is 5. The molecular formula is C27H31NO6. The van der Waals surface area contributed by atoms with Crippen LogP contribution in [0.5, 0.6) is 28.7 Å². The molecule has 1 N–H and O–H groups in total. The van der Waals surface area contributed by atoms with Crippen LogP contribution in [-0.2, 0) is 13.1 Å². The molecular weight excluding hydrogens is 434 g/mol. The molecule has 1 aliphatic rings. The number of para-hydroxylation sites is 2. The van der Waals surface area contributed by atoms with Gasteiger partial charge in [0.2, 0.25) is 6.79 Å². The van der Waals surface area contributed by atoms with Crippen molar-refractivity contribution in [3.05, 3.63) is 77.4 Å². The summed E-state index contributed by atoms with van der Waals surface area (Å²) in [6.45, 7) is 3.97. The van der Waals surface area contributed by atoms with Gasteiger partial charge < -0.3 is 28.8 Å². The first-order valence-electron chi connectivity index (χ1n) is 11.2. The summed E-state index contributed by atoms with van der Waals surface area (Å²) in [5, 5.41) is 10.8. The largest absolute Gasteiger partial charge is 0.493 e. The van der Waals surface area contributed by atoms with Crippen LogP contribution in [-0.4, -0.2) is 50.3 Å². The second kappa shape index (κ2) is 11.1. The quantitative estimate of drug-likeness (QED) is 0.456. The molecule has 0 fully saturated rings. The van der Waals surface area contributed by atoms with Crippen LogP contribution in [0.4, 0.5) is 0 Å². The molecule has 0 saturated carbocycles. The molecule has 180 valence electrons. The van der Waals surface area contributed by atoms with Crippen LogP contribution < -0.4 is 23.7 Å². The van der Waals surface area contributed by atoms with E-state index in [0.717, 1.165) is 33.9 Å². The molecule has 7 nitrogen and oxygen atoms in total. The van der Waals surface area contributed by atoms with E-state index in [1.807, 2.05) is 67.6 Å².